The number of hydrogen-bond acceptors (Lipinski definition) is 7. The lowest BCUT2D eigenvalue weighted by Gasteiger charge is -2.33. The van der Waals surface area contributed by atoms with E-state index >= 15 is 0 Å². The van der Waals surface area contributed by atoms with Crippen LogP contribution < -0.4 is 24.4 Å². The van der Waals surface area contributed by atoms with Gasteiger partial charge in [0.05, 0.1) is 26.3 Å². The summed E-state index contributed by atoms with van der Waals surface area (Å²) in [6.45, 7) is 2.31. The van der Waals surface area contributed by atoms with Gasteiger partial charge in [-0.3, -0.25) is 14.5 Å². The predicted molar refractivity (Wildman–Crippen MR) is 160 cm³/mol. The van der Waals surface area contributed by atoms with E-state index in [0.717, 1.165) is 37.6 Å². The fourth-order valence-corrected chi connectivity index (χ4v) is 5.51. The van der Waals surface area contributed by atoms with Crippen LogP contribution in [-0.2, 0) is 16.1 Å². The Morgan fingerprint density at radius 1 is 0.976 bits per heavy atom. The molecule has 1 heterocycles. The summed E-state index contributed by atoms with van der Waals surface area (Å²) in [5, 5.41) is 11.7. The van der Waals surface area contributed by atoms with E-state index in [1.807, 2.05) is 31.2 Å². The number of ether oxygens (including phenoxy) is 3. The molecule has 42 heavy (non-hydrogen) atoms. The van der Waals surface area contributed by atoms with Crippen LogP contribution in [0.4, 0.5) is 5.69 Å². The molecule has 220 valence electrons. The van der Waals surface area contributed by atoms with Crippen molar-refractivity contribution < 1.29 is 23.8 Å². The van der Waals surface area contributed by atoms with Crippen LogP contribution in [0.2, 0.25) is 0 Å². The van der Waals surface area contributed by atoms with Gasteiger partial charge in [-0.1, -0.05) is 42.7 Å². The molecule has 1 aromatic heterocycles. The lowest BCUT2D eigenvalue weighted by atomic mass is 9.94. The molecule has 0 saturated heterocycles. The van der Waals surface area contributed by atoms with E-state index in [9.17, 15) is 9.59 Å². The molecule has 5 rings (SSSR count). The highest BCUT2D eigenvalue weighted by Crippen LogP contribution is 2.35. The van der Waals surface area contributed by atoms with E-state index in [1.54, 1.807) is 61.4 Å². The van der Waals surface area contributed by atoms with Gasteiger partial charge in [-0.25, -0.2) is 4.68 Å². The number of methoxy groups -OCH3 is 2. The van der Waals surface area contributed by atoms with Crippen molar-refractivity contribution in [1.29, 1.82) is 0 Å². The highest BCUT2D eigenvalue weighted by atomic mass is 16.5. The van der Waals surface area contributed by atoms with E-state index in [-0.39, 0.29) is 24.4 Å². The van der Waals surface area contributed by atoms with Crippen LogP contribution in [0.15, 0.2) is 66.7 Å². The molecule has 1 aliphatic carbocycles. The maximum atomic E-state index is 14.3. The van der Waals surface area contributed by atoms with Gasteiger partial charge in [0.15, 0.2) is 11.5 Å². The largest absolute Gasteiger partial charge is 0.494 e. The number of rotatable bonds is 11. The van der Waals surface area contributed by atoms with Crippen molar-refractivity contribution in [2.24, 2.45) is 0 Å². The second-order valence-corrected chi connectivity index (χ2v) is 10.3. The average molecular weight is 572 g/mol. The minimum Gasteiger partial charge on any atom is -0.494 e. The second-order valence-electron chi connectivity index (χ2n) is 10.3. The van der Waals surface area contributed by atoms with Crippen molar-refractivity contribution in [1.82, 2.24) is 20.3 Å². The third kappa shape index (κ3) is 6.32. The first-order chi connectivity index (χ1) is 20.5. The zero-order valence-corrected chi connectivity index (χ0v) is 24.3. The number of aromatic nitrogens is 3. The number of fused-ring (bicyclic) bond motifs is 1. The summed E-state index contributed by atoms with van der Waals surface area (Å²) in [6.07, 6.45) is 5.10. The Labute approximate surface area is 245 Å². The molecule has 1 aliphatic rings. The normalized spacial score (nSPS) is 14.3. The minimum atomic E-state index is -0.994. The van der Waals surface area contributed by atoms with Crippen LogP contribution in [0.1, 0.15) is 50.6 Å². The molecular weight excluding hydrogens is 534 g/mol. The molecule has 1 saturated carbocycles. The molecule has 0 spiro atoms. The first kappa shape index (κ1) is 28.9. The average Bonchev–Trinajstić information content (AvgIpc) is 3.43. The van der Waals surface area contributed by atoms with Crippen molar-refractivity contribution in [3.63, 3.8) is 0 Å². The summed E-state index contributed by atoms with van der Waals surface area (Å²) in [5.41, 5.74) is 2.55. The van der Waals surface area contributed by atoms with Crippen LogP contribution >= 0.6 is 0 Å². The van der Waals surface area contributed by atoms with Crippen LogP contribution in [0.25, 0.3) is 11.0 Å². The van der Waals surface area contributed by atoms with Gasteiger partial charge in [-0.15, -0.1) is 5.10 Å². The summed E-state index contributed by atoms with van der Waals surface area (Å²) < 4.78 is 18.2. The maximum Gasteiger partial charge on any atom is 0.249 e. The zero-order valence-electron chi connectivity index (χ0n) is 24.3. The summed E-state index contributed by atoms with van der Waals surface area (Å²) >= 11 is 0. The first-order valence-corrected chi connectivity index (χ1v) is 14.4. The standard InChI is InChI=1S/C32H37N5O5/c1-4-42-25-17-15-24(16-18-25)37(30(38)21-36-27-13-9-8-12-26(27)34-35-36)31(32(39)33-23-10-6-5-7-11-23)22-14-19-28(40-2)29(20-22)41-3/h8-9,12-20,23,31H,4-7,10-11,21H2,1-3H3,(H,33,39)/t31-/m1/s1. The summed E-state index contributed by atoms with van der Waals surface area (Å²) in [6, 6.07) is 19.0. The molecule has 0 bridgehead atoms. The second kappa shape index (κ2) is 13.4. The van der Waals surface area contributed by atoms with Gasteiger partial charge in [-0.2, -0.15) is 0 Å². The number of benzene rings is 3. The zero-order chi connectivity index (χ0) is 29.5. The fourth-order valence-electron chi connectivity index (χ4n) is 5.51. The highest BCUT2D eigenvalue weighted by Gasteiger charge is 2.35. The van der Waals surface area contributed by atoms with Crippen LogP contribution in [0, 0.1) is 0 Å². The number of nitrogens with zero attached hydrogens (tertiary/aromatic N) is 4. The highest BCUT2D eigenvalue weighted by molar-refractivity contribution is 6.01. The number of carbonyl (C=O) groups excluding carboxylic acids is 2. The molecular formula is C32H37N5O5. The monoisotopic (exact) mass is 571 g/mol. The number of nitrogens with one attached hydrogen (secondary N) is 1. The fraction of sp³-hybridized carbons (Fsp3) is 0.375. The summed E-state index contributed by atoms with van der Waals surface area (Å²) in [5.74, 6) is 1.07. The van der Waals surface area contributed by atoms with Gasteiger partial charge >= 0.3 is 0 Å². The molecule has 3 aromatic carbocycles. The Kier molecular flexibility index (Phi) is 9.21. The van der Waals surface area contributed by atoms with Gasteiger partial charge in [0, 0.05) is 11.7 Å². The number of carbonyl (C=O) groups is 2. The van der Waals surface area contributed by atoms with Crippen LogP contribution in [0.5, 0.6) is 17.2 Å². The number of para-hydroxylation sites is 1. The van der Waals surface area contributed by atoms with Crippen LogP contribution in [-0.4, -0.2) is 53.7 Å². The van der Waals surface area contributed by atoms with E-state index in [4.69, 9.17) is 14.2 Å². The third-order valence-corrected chi connectivity index (χ3v) is 7.58. The molecule has 0 unspecified atom stereocenters. The van der Waals surface area contributed by atoms with Gasteiger partial charge < -0.3 is 19.5 Å². The lowest BCUT2D eigenvalue weighted by molar-refractivity contribution is -0.127. The lowest BCUT2D eigenvalue weighted by Crippen LogP contribution is -2.48. The number of amides is 2. The first-order valence-electron chi connectivity index (χ1n) is 14.4. The number of anilines is 1. The van der Waals surface area contributed by atoms with Crippen molar-refractivity contribution >= 4 is 28.5 Å². The van der Waals surface area contributed by atoms with Gasteiger partial charge in [-0.05, 0) is 73.9 Å². The smallest absolute Gasteiger partial charge is 0.249 e. The predicted octanol–water partition coefficient (Wildman–Crippen LogP) is 5.07. The quantitative estimate of drug-likeness (QED) is 0.268. The molecule has 0 aliphatic heterocycles. The maximum absolute atomic E-state index is 14.3. The summed E-state index contributed by atoms with van der Waals surface area (Å²) in [4.78, 5) is 30.1. The minimum absolute atomic E-state index is 0.0467. The molecule has 1 atom stereocenters. The van der Waals surface area contributed by atoms with Crippen molar-refractivity contribution in [3.8, 4) is 17.2 Å². The molecule has 4 aromatic rings. The van der Waals surface area contributed by atoms with E-state index in [1.165, 1.54) is 4.90 Å². The Bertz CT molecular complexity index is 1510. The molecule has 0 radical (unpaired) electrons. The van der Waals surface area contributed by atoms with E-state index < -0.39 is 6.04 Å². The van der Waals surface area contributed by atoms with Crippen molar-refractivity contribution in [2.75, 3.05) is 25.7 Å². The Morgan fingerprint density at radius 2 is 1.71 bits per heavy atom. The topological polar surface area (TPSA) is 108 Å². The molecule has 1 N–H and O–H groups in total. The van der Waals surface area contributed by atoms with Gasteiger partial charge in [0.1, 0.15) is 23.9 Å². The van der Waals surface area contributed by atoms with Gasteiger partial charge in [0.2, 0.25) is 11.8 Å². The van der Waals surface area contributed by atoms with E-state index in [0.29, 0.717) is 40.6 Å². The SMILES string of the molecule is CCOc1ccc(N(C(=O)Cn2nnc3ccccc32)[C@@H](C(=O)NC2CCCCC2)c2ccc(OC)c(OC)c2)cc1. The molecule has 1 fully saturated rings. The van der Waals surface area contributed by atoms with Gasteiger partial charge in [0.25, 0.3) is 0 Å². The molecule has 2 amide bonds. The van der Waals surface area contributed by atoms with E-state index in [2.05, 4.69) is 15.6 Å². The Hall–Kier alpha value is -4.60. The van der Waals surface area contributed by atoms with Crippen molar-refractivity contribution in [2.45, 2.75) is 57.7 Å². The molecule has 10 heteroatoms. The number of hydrogen-bond donors (Lipinski definition) is 1. The van der Waals surface area contributed by atoms with Crippen LogP contribution in [0.3, 0.4) is 0 Å². The molecule has 10 nitrogen and oxygen atoms in total. The van der Waals surface area contributed by atoms with Crippen molar-refractivity contribution in [3.05, 3.63) is 72.3 Å². The third-order valence-electron chi connectivity index (χ3n) is 7.58. The summed E-state index contributed by atoms with van der Waals surface area (Å²) in [7, 11) is 3.10. The Balaban J connectivity index is 1.59. The Morgan fingerprint density at radius 3 is 2.43 bits per heavy atom.